The number of carbonyl (C=O) groups excluding carboxylic acids is 1. The summed E-state index contributed by atoms with van der Waals surface area (Å²) in [4.78, 5) is 11.5. The molecule has 0 radical (unpaired) electrons. The maximum Gasteiger partial charge on any atom is 0.162 e. The minimum atomic E-state index is -0.354. The fraction of sp³-hybridized carbons (Fsp3) is 0.188. The van der Waals surface area contributed by atoms with E-state index < -0.39 is 0 Å². The molecule has 0 atom stereocenters. The van der Waals surface area contributed by atoms with Crippen LogP contribution >= 0.6 is 11.6 Å². The van der Waals surface area contributed by atoms with Crippen LogP contribution in [0.4, 0.5) is 4.39 Å². The molecular formula is C16H14ClFO2. The molecule has 2 nitrogen and oxygen atoms in total. The Morgan fingerprint density at radius 1 is 1.20 bits per heavy atom. The number of halogens is 2. The molecule has 2 aromatic carbocycles. The van der Waals surface area contributed by atoms with Gasteiger partial charge in [0.1, 0.15) is 18.2 Å². The lowest BCUT2D eigenvalue weighted by molar-refractivity contribution is 0.0988. The molecule has 4 heteroatoms. The summed E-state index contributed by atoms with van der Waals surface area (Å²) in [5.74, 6) is 0.307. The van der Waals surface area contributed by atoms with Crippen LogP contribution < -0.4 is 4.74 Å². The number of ketones is 1. The molecule has 0 aromatic heterocycles. The molecule has 0 aliphatic rings. The zero-order valence-corrected chi connectivity index (χ0v) is 11.8. The van der Waals surface area contributed by atoms with E-state index in [0.717, 1.165) is 0 Å². The van der Waals surface area contributed by atoms with E-state index >= 15 is 0 Å². The van der Waals surface area contributed by atoms with Crippen molar-refractivity contribution in [1.29, 1.82) is 0 Å². The third-order valence-corrected chi connectivity index (χ3v) is 3.13. The SMILES string of the molecule is CCC(=O)c1ccc(OCc2cc(Cl)ccc2F)cc1. The molecular weight excluding hydrogens is 279 g/mol. The second kappa shape index (κ2) is 6.53. The van der Waals surface area contributed by atoms with Gasteiger partial charge >= 0.3 is 0 Å². The zero-order chi connectivity index (χ0) is 14.5. The average molecular weight is 293 g/mol. The minimum Gasteiger partial charge on any atom is -0.489 e. The number of ether oxygens (including phenoxy) is 1. The largest absolute Gasteiger partial charge is 0.489 e. The molecule has 0 spiro atoms. The molecule has 0 aliphatic carbocycles. The van der Waals surface area contributed by atoms with Gasteiger partial charge in [0.2, 0.25) is 0 Å². The van der Waals surface area contributed by atoms with Gasteiger partial charge in [-0.25, -0.2) is 4.39 Å². The van der Waals surface area contributed by atoms with Crippen LogP contribution in [0.15, 0.2) is 42.5 Å². The van der Waals surface area contributed by atoms with E-state index in [4.69, 9.17) is 16.3 Å². The summed E-state index contributed by atoms with van der Waals surface area (Å²) in [7, 11) is 0. The van der Waals surface area contributed by atoms with Gasteiger partial charge in [0, 0.05) is 22.6 Å². The first kappa shape index (κ1) is 14.5. The first-order valence-corrected chi connectivity index (χ1v) is 6.68. The van der Waals surface area contributed by atoms with Crippen LogP contribution in [0.3, 0.4) is 0 Å². The maximum absolute atomic E-state index is 13.5. The van der Waals surface area contributed by atoms with Crippen LogP contribution in [-0.4, -0.2) is 5.78 Å². The van der Waals surface area contributed by atoms with Crippen LogP contribution in [-0.2, 0) is 6.61 Å². The van der Waals surface area contributed by atoms with Crippen LogP contribution in [0.25, 0.3) is 0 Å². The smallest absolute Gasteiger partial charge is 0.162 e. The summed E-state index contributed by atoms with van der Waals surface area (Å²) in [5, 5.41) is 0.467. The molecule has 0 unspecified atom stereocenters. The number of hydrogen-bond acceptors (Lipinski definition) is 2. The number of carbonyl (C=O) groups is 1. The lowest BCUT2D eigenvalue weighted by Crippen LogP contribution is -2.00. The Hall–Kier alpha value is -1.87. The first-order valence-electron chi connectivity index (χ1n) is 6.30. The fourth-order valence-electron chi connectivity index (χ4n) is 1.76. The number of hydrogen-bond donors (Lipinski definition) is 0. The molecule has 104 valence electrons. The van der Waals surface area contributed by atoms with Gasteiger partial charge in [-0.1, -0.05) is 18.5 Å². The summed E-state index contributed by atoms with van der Waals surface area (Å²) < 4.78 is 19.0. The van der Waals surface area contributed by atoms with Crippen molar-refractivity contribution in [3.8, 4) is 5.75 Å². The van der Waals surface area contributed by atoms with Crippen molar-refractivity contribution in [1.82, 2.24) is 0 Å². The molecule has 0 saturated heterocycles. The summed E-state index contributed by atoms with van der Waals surface area (Å²) in [6.45, 7) is 1.90. The molecule has 0 heterocycles. The summed E-state index contributed by atoms with van der Waals surface area (Å²) in [6, 6.07) is 11.1. The standard InChI is InChI=1S/C16H14ClFO2/c1-2-16(19)11-3-6-14(7-4-11)20-10-12-9-13(17)5-8-15(12)18/h3-9H,2,10H2,1H3. The van der Waals surface area contributed by atoms with Crippen LogP contribution in [0.2, 0.25) is 5.02 Å². The van der Waals surface area contributed by atoms with E-state index in [-0.39, 0.29) is 18.2 Å². The predicted octanol–water partition coefficient (Wildman–Crippen LogP) is 4.65. The van der Waals surface area contributed by atoms with Gasteiger partial charge in [0.05, 0.1) is 0 Å². The highest BCUT2D eigenvalue weighted by Crippen LogP contribution is 2.19. The molecule has 0 aliphatic heterocycles. The van der Waals surface area contributed by atoms with E-state index in [1.807, 2.05) is 6.92 Å². The Balaban J connectivity index is 2.04. The van der Waals surface area contributed by atoms with Crippen LogP contribution in [0, 0.1) is 5.82 Å². The van der Waals surface area contributed by atoms with Gasteiger partial charge in [-0.3, -0.25) is 4.79 Å². The second-order valence-corrected chi connectivity index (χ2v) is 4.76. The minimum absolute atomic E-state index is 0.0810. The highest BCUT2D eigenvalue weighted by Gasteiger charge is 2.06. The highest BCUT2D eigenvalue weighted by atomic mass is 35.5. The number of Topliss-reactive ketones (excluding diaryl/α,β-unsaturated/α-hetero) is 1. The third-order valence-electron chi connectivity index (χ3n) is 2.90. The highest BCUT2D eigenvalue weighted by molar-refractivity contribution is 6.30. The summed E-state index contributed by atoms with van der Waals surface area (Å²) >= 11 is 5.81. The normalized spacial score (nSPS) is 10.3. The summed E-state index contributed by atoms with van der Waals surface area (Å²) in [5.41, 5.74) is 1.04. The maximum atomic E-state index is 13.5. The molecule has 0 N–H and O–H groups in total. The number of rotatable bonds is 5. The molecule has 0 bridgehead atoms. The average Bonchev–Trinajstić information content (AvgIpc) is 2.48. The molecule has 2 aromatic rings. The van der Waals surface area contributed by atoms with E-state index in [1.165, 1.54) is 18.2 Å². The van der Waals surface area contributed by atoms with E-state index in [0.29, 0.717) is 28.3 Å². The van der Waals surface area contributed by atoms with Crippen molar-refractivity contribution in [3.63, 3.8) is 0 Å². The van der Waals surface area contributed by atoms with Gasteiger partial charge in [-0.2, -0.15) is 0 Å². The van der Waals surface area contributed by atoms with Gasteiger partial charge in [0.25, 0.3) is 0 Å². The predicted molar refractivity (Wildman–Crippen MR) is 76.8 cm³/mol. The topological polar surface area (TPSA) is 26.3 Å². The van der Waals surface area contributed by atoms with E-state index in [2.05, 4.69) is 0 Å². The van der Waals surface area contributed by atoms with Crippen molar-refractivity contribution in [2.24, 2.45) is 0 Å². The first-order chi connectivity index (χ1) is 9.60. The molecule has 0 amide bonds. The zero-order valence-electron chi connectivity index (χ0n) is 11.0. The Kier molecular flexibility index (Phi) is 4.74. The lowest BCUT2D eigenvalue weighted by atomic mass is 10.1. The quantitative estimate of drug-likeness (QED) is 0.750. The van der Waals surface area contributed by atoms with Gasteiger partial charge in [0.15, 0.2) is 5.78 Å². The molecule has 2 rings (SSSR count). The number of benzene rings is 2. The third kappa shape index (κ3) is 3.58. The van der Waals surface area contributed by atoms with Crippen molar-refractivity contribution >= 4 is 17.4 Å². The second-order valence-electron chi connectivity index (χ2n) is 4.33. The lowest BCUT2D eigenvalue weighted by Gasteiger charge is -2.08. The van der Waals surface area contributed by atoms with Gasteiger partial charge in [-0.05, 0) is 42.5 Å². The van der Waals surface area contributed by atoms with E-state index in [9.17, 15) is 9.18 Å². The fourth-order valence-corrected chi connectivity index (χ4v) is 1.95. The van der Waals surface area contributed by atoms with Crippen molar-refractivity contribution in [2.75, 3.05) is 0 Å². The van der Waals surface area contributed by atoms with Gasteiger partial charge < -0.3 is 4.74 Å². The molecule has 20 heavy (non-hydrogen) atoms. The Bertz CT molecular complexity index is 608. The molecule has 0 saturated carbocycles. The van der Waals surface area contributed by atoms with E-state index in [1.54, 1.807) is 24.3 Å². The summed E-state index contributed by atoms with van der Waals surface area (Å²) in [6.07, 6.45) is 0.466. The Morgan fingerprint density at radius 3 is 2.55 bits per heavy atom. The monoisotopic (exact) mass is 292 g/mol. The van der Waals surface area contributed by atoms with Crippen molar-refractivity contribution in [2.45, 2.75) is 20.0 Å². The molecule has 0 fully saturated rings. The Morgan fingerprint density at radius 2 is 1.90 bits per heavy atom. The Labute approximate surface area is 122 Å². The van der Waals surface area contributed by atoms with Crippen molar-refractivity contribution in [3.05, 3.63) is 64.4 Å². The van der Waals surface area contributed by atoms with Gasteiger partial charge in [-0.15, -0.1) is 0 Å². The van der Waals surface area contributed by atoms with Crippen LogP contribution in [0.5, 0.6) is 5.75 Å². The van der Waals surface area contributed by atoms with Crippen molar-refractivity contribution < 1.29 is 13.9 Å². The van der Waals surface area contributed by atoms with Crippen LogP contribution in [0.1, 0.15) is 29.3 Å².